The van der Waals surface area contributed by atoms with E-state index < -0.39 is 17.9 Å². The molecule has 0 radical (unpaired) electrons. The van der Waals surface area contributed by atoms with Crippen molar-refractivity contribution in [1.29, 1.82) is 0 Å². The van der Waals surface area contributed by atoms with Crippen LogP contribution in [0.1, 0.15) is 95.4 Å². The molecule has 0 saturated heterocycles. The first-order valence-corrected chi connectivity index (χ1v) is 18.5. The maximum absolute atomic E-state index is 12.8. The van der Waals surface area contributed by atoms with Crippen LogP contribution < -0.4 is 9.47 Å². The number of esters is 3. The summed E-state index contributed by atoms with van der Waals surface area (Å²) in [5.74, 6) is 0.224. The minimum Gasteiger partial charge on any atom is -0.462 e. The summed E-state index contributed by atoms with van der Waals surface area (Å²) in [6, 6.07) is 28.0. The smallest absolute Gasteiger partial charge is 0.360 e. The zero-order valence-electron chi connectivity index (χ0n) is 31.9. The summed E-state index contributed by atoms with van der Waals surface area (Å²) in [7, 11) is 0. The number of nitrogens with zero attached hydrogens (tertiary/aromatic N) is 3. The number of aromatic nitrogens is 3. The fourth-order valence-corrected chi connectivity index (χ4v) is 5.22. The lowest BCUT2D eigenvalue weighted by Gasteiger charge is -2.12. The van der Waals surface area contributed by atoms with Gasteiger partial charge in [0.15, 0.2) is 17.8 Å². The molecule has 0 saturated carbocycles. The summed E-state index contributed by atoms with van der Waals surface area (Å²) < 4.78 is 34.1. The molecule has 0 N–H and O–H groups in total. The summed E-state index contributed by atoms with van der Waals surface area (Å²) in [6.07, 6.45) is 8.88. The highest BCUT2D eigenvalue weighted by Gasteiger charge is 2.25. The summed E-state index contributed by atoms with van der Waals surface area (Å²) in [6.45, 7) is 6.51. The van der Waals surface area contributed by atoms with E-state index in [0.717, 1.165) is 32.1 Å². The van der Waals surface area contributed by atoms with Crippen LogP contribution in [0.25, 0.3) is 11.3 Å². The average molecular weight is 790 g/mol. The van der Waals surface area contributed by atoms with Crippen LogP contribution in [-0.4, -0.2) is 58.2 Å². The highest BCUT2D eigenvalue weighted by Crippen LogP contribution is 2.33. The van der Waals surface area contributed by atoms with Gasteiger partial charge in [-0.3, -0.25) is 9.36 Å². The molecule has 4 aromatic carbocycles. The van der Waals surface area contributed by atoms with Crippen LogP contribution in [0.2, 0.25) is 0 Å². The van der Waals surface area contributed by atoms with E-state index in [1.165, 1.54) is 29.4 Å². The lowest BCUT2D eigenvalue weighted by molar-refractivity contribution is 0.0489. The highest BCUT2D eigenvalue weighted by atomic mass is 16.5. The Morgan fingerprint density at radius 2 is 1.21 bits per heavy atom. The Balaban J connectivity index is 0.000000254. The average Bonchev–Trinajstić information content (AvgIpc) is 3.96. The molecule has 0 amide bonds. The maximum atomic E-state index is 12.8. The summed E-state index contributed by atoms with van der Waals surface area (Å²) in [4.78, 5) is 58.1. The summed E-state index contributed by atoms with van der Waals surface area (Å²) in [5.41, 5.74) is 0.976. The molecular formula is C45H47N3O10. The molecule has 0 unspecified atom stereocenters. The molecule has 0 atom stereocenters. The summed E-state index contributed by atoms with van der Waals surface area (Å²) in [5, 5.41) is 0. The van der Waals surface area contributed by atoms with Crippen molar-refractivity contribution < 1.29 is 47.3 Å². The third-order valence-corrected chi connectivity index (χ3v) is 8.09. The molecule has 0 spiro atoms. The Morgan fingerprint density at radius 1 is 0.638 bits per heavy atom. The van der Waals surface area contributed by atoms with E-state index in [2.05, 4.69) is 9.97 Å². The molecule has 0 aliphatic rings. The number of hydrogen-bond acceptors (Lipinski definition) is 12. The van der Waals surface area contributed by atoms with Gasteiger partial charge >= 0.3 is 17.9 Å². The van der Waals surface area contributed by atoms with Crippen LogP contribution in [0.15, 0.2) is 127 Å². The second-order valence-corrected chi connectivity index (χ2v) is 12.2. The van der Waals surface area contributed by atoms with Gasteiger partial charge in [-0.05, 0) is 80.4 Å². The van der Waals surface area contributed by atoms with Gasteiger partial charge in [0.25, 0.3) is 5.91 Å². The van der Waals surface area contributed by atoms with Crippen LogP contribution in [0.4, 0.5) is 0 Å². The summed E-state index contributed by atoms with van der Waals surface area (Å²) >= 11 is 0. The number of para-hydroxylation sites is 2. The third kappa shape index (κ3) is 12.0. The Kier molecular flexibility index (Phi) is 17.0. The van der Waals surface area contributed by atoms with Gasteiger partial charge < -0.3 is 28.1 Å². The molecule has 2 aromatic heterocycles. The van der Waals surface area contributed by atoms with Crippen LogP contribution >= 0.6 is 0 Å². The van der Waals surface area contributed by atoms with Crippen LogP contribution in [0.3, 0.4) is 0 Å². The van der Waals surface area contributed by atoms with Crippen LogP contribution in [-0.2, 0) is 14.2 Å². The van der Waals surface area contributed by atoms with Crippen molar-refractivity contribution >= 4 is 23.8 Å². The van der Waals surface area contributed by atoms with E-state index in [1.807, 2.05) is 74.5 Å². The lowest BCUT2D eigenvalue weighted by atomic mass is 10.0. The molecule has 302 valence electrons. The van der Waals surface area contributed by atoms with Gasteiger partial charge in [0, 0.05) is 18.0 Å². The zero-order chi connectivity index (χ0) is 40.4. The molecule has 6 aromatic rings. The van der Waals surface area contributed by atoms with Crippen LogP contribution in [0.5, 0.6) is 23.0 Å². The Labute approximate surface area is 337 Å². The fourth-order valence-electron chi connectivity index (χ4n) is 5.22. The zero-order valence-corrected chi connectivity index (χ0v) is 31.9. The minimum atomic E-state index is -0.629. The SMILES string of the molecule is C.CCCCOC(=O)c1cc(Oc2ccccc2)ccc1-c1ocnc1C(=O)OCC.CCCCOC(=O)c1cc(Oc2ccccc2)ccc1C(=O)n1ccnc1. The molecule has 6 rings (SSSR count). The van der Waals surface area contributed by atoms with E-state index in [1.54, 1.807) is 37.3 Å². The monoisotopic (exact) mass is 789 g/mol. The van der Waals surface area contributed by atoms with Crippen molar-refractivity contribution in [2.24, 2.45) is 0 Å². The van der Waals surface area contributed by atoms with Gasteiger partial charge in [0.1, 0.15) is 29.3 Å². The first kappa shape index (κ1) is 43.7. The number of hydrogen-bond donors (Lipinski definition) is 0. The predicted molar refractivity (Wildman–Crippen MR) is 216 cm³/mol. The standard InChI is InChI=1S/C23H23NO6.C21H20N2O4.CH4/c1-3-5-13-28-22(25)19-14-17(30-16-9-7-6-8-10-16)11-12-18(19)21-20(24-15-29-21)23(26)27-4-2;1-2-3-13-26-21(25)19-14-17(27-16-7-5-4-6-8-16)9-10-18(19)20(24)23-12-11-22-15-23;/h6-12,14-15H,3-5,13H2,1-2H3;4-12,14-15H,2-3,13H2,1H3;1H4. The molecule has 0 fully saturated rings. The minimum absolute atomic E-state index is 0. The molecule has 0 aliphatic carbocycles. The fraction of sp³-hybridized carbons (Fsp3) is 0.244. The van der Waals surface area contributed by atoms with Crippen molar-refractivity contribution in [1.82, 2.24) is 14.5 Å². The van der Waals surface area contributed by atoms with Gasteiger partial charge in [-0.1, -0.05) is 70.5 Å². The first-order valence-electron chi connectivity index (χ1n) is 18.5. The van der Waals surface area contributed by atoms with Gasteiger partial charge in [-0.15, -0.1) is 0 Å². The Bertz CT molecular complexity index is 2220. The molecule has 0 bridgehead atoms. The van der Waals surface area contributed by atoms with Gasteiger partial charge in [-0.25, -0.2) is 24.4 Å². The van der Waals surface area contributed by atoms with Crippen molar-refractivity contribution in [2.45, 2.75) is 53.9 Å². The van der Waals surface area contributed by atoms with Gasteiger partial charge in [0.2, 0.25) is 0 Å². The molecule has 58 heavy (non-hydrogen) atoms. The van der Waals surface area contributed by atoms with E-state index >= 15 is 0 Å². The number of benzene rings is 4. The van der Waals surface area contributed by atoms with E-state index in [4.69, 9.17) is 28.1 Å². The van der Waals surface area contributed by atoms with Crippen molar-refractivity contribution in [3.8, 4) is 34.3 Å². The Morgan fingerprint density at radius 3 is 1.76 bits per heavy atom. The topological polar surface area (TPSA) is 158 Å². The van der Waals surface area contributed by atoms with Crippen molar-refractivity contribution in [3.05, 3.63) is 145 Å². The number of imidazole rings is 1. The largest absolute Gasteiger partial charge is 0.462 e. The number of ether oxygens (including phenoxy) is 5. The quantitative estimate of drug-likeness (QED) is 0.0520. The predicted octanol–water partition coefficient (Wildman–Crippen LogP) is 10.2. The molecule has 13 nitrogen and oxygen atoms in total. The number of unbranched alkanes of at least 4 members (excludes halogenated alkanes) is 2. The maximum Gasteiger partial charge on any atom is 0.360 e. The number of rotatable bonds is 16. The Hall–Kier alpha value is -7.02. The normalized spacial score (nSPS) is 10.3. The van der Waals surface area contributed by atoms with Crippen molar-refractivity contribution in [2.75, 3.05) is 19.8 Å². The number of carbonyl (C=O) groups is 4. The highest BCUT2D eigenvalue weighted by molar-refractivity contribution is 6.06. The third-order valence-electron chi connectivity index (χ3n) is 8.09. The van der Waals surface area contributed by atoms with E-state index in [0.29, 0.717) is 41.8 Å². The van der Waals surface area contributed by atoms with Gasteiger partial charge in [-0.2, -0.15) is 0 Å². The van der Waals surface area contributed by atoms with Crippen molar-refractivity contribution in [3.63, 3.8) is 0 Å². The van der Waals surface area contributed by atoms with E-state index in [-0.39, 0.29) is 48.1 Å². The number of carbonyl (C=O) groups excluding carboxylic acids is 4. The molecular weight excluding hydrogens is 743 g/mol. The van der Waals surface area contributed by atoms with Gasteiger partial charge in [0.05, 0.1) is 36.5 Å². The van der Waals surface area contributed by atoms with E-state index in [9.17, 15) is 19.2 Å². The number of oxazole rings is 1. The first-order chi connectivity index (χ1) is 27.8. The second kappa shape index (κ2) is 22.5. The molecule has 0 aliphatic heterocycles. The molecule has 2 heterocycles. The lowest BCUT2D eigenvalue weighted by Crippen LogP contribution is -2.17. The second-order valence-electron chi connectivity index (χ2n) is 12.2. The van der Waals surface area contributed by atoms with Crippen LogP contribution in [0, 0.1) is 0 Å². The molecule has 13 heteroatoms.